The maximum Gasteiger partial charge on any atom is 0.273 e. The lowest BCUT2D eigenvalue weighted by molar-refractivity contribution is 0.0903. The van der Waals surface area contributed by atoms with Crippen LogP contribution < -0.4 is 5.32 Å². The van der Waals surface area contributed by atoms with E-state index >= 15 is 0 Å². The van der Waals surface area contributed by atoms with Gasteiger partial charge in [-0.25, -0.2) is 0 Å². The molecule has 1 aliphatic carbocycles. The summed E-state index contributed by atoms with van der Waals surface area (Å²) in [4.78, 5) is 12.3. The molecule has 4 nitrogen and oxygen atoms in total. The van der Waals surface area contributed by atoms with Gasteiger partial charge >= 0.3 is 0 Å². The smallest absolute Gasteiger partial charge is 0.273 e. The van der Waals surface area contributed by atoms with Gasteiger partial charge in [0.1, 0.15) is 6.26 Å². The van der Waals surface area contributed by atoms with Crippen LogP contribution in [0.25, 0.3) is 0 Å². The fraction of sp³-hybridized carbons (Fsp3) is 0.412. The van der Waals surface area contributed by atoms with E-state index < -0.39 is 0 Å². The van der Waals surface area contributed by atoms with E-state index in [2.05, 4.69) is 22.6 Å². The van der Waals surface area contributed by atoms with Gasteiger partial charge in [-0.05, 0) is 24.3 Å². The van der Waals surface area contributed by atoms with Gasteiger partial charge in [-0.1, -0.05) is 54.8 Å². The molecule has 4 heteroatoms. The molecule has 2 aromatic rings. The van der Waals surface area contributed by atoms with Crippen LogP contribution in [0.2, 0.25) is 0 Å². The largest absolute Gasteiger partial charge is 0.364 e. The molecule has 0 spiro atoms. The van der Waals surface area contributed by atoms with Crippen LogP contribution in [0.3, 0.4) is 0 Å². The van der Waals surface area contributed by atoms with E-state index in [1.165, 1.54) is 43.9 Å². The number of amides is 1. The van der Waals surface area contributed by atoms with Crippen LogP contribution in [0, 0.1) is 5.92 Å². The molecule has 1 aromatic carbocycles. The summed E-state index contributed by atoms with van der Waals surface area (Å²) in [6.45, 7) is 0. The van der Waals surface area contributed by atoms with Gasteiger partial charge in [0.2, 0.25) is 0 Å². The van der Waals surface area contributed by atoms with Crippen LogP contribution in [0.5, 0.6) is 0 Å². The van der Waals surface area contributed by atoms with Crippen molar-refractivity contribution in [2.24, 2.45) is 5.92 Å². The summed E-state index contributed by atoms with van der Waals surface area (Å²) in [5, 5.41) is 6.86. The van der Waals surface area contributed by atoms with E-state index in [-0.39, 0.29) is 11.9 Å². The number of hydrogen-bond donors (Lipinski definition) is 1. The number of aromatic nitrogens is 1. The number of hydrogen-bond acceptors (Lipinski definition) is 3. The highest BCUT2D eigenvalue weighted by molar-refractivity contribution is 5.92. The zero-order chi connectivity index (χ0) is 14.5. The van der Waals surface area contributed by atoms with Crippen molar-refractivity contribution < 1.29 is 9.32 Å². The average Bonchev–Trinajstić information content (AvgIpc) is 3.09. The molecule has 1 fully saturated rings. The van der Waals surface area contributed by atoms with E-state index in [9.17, 15) is 4.79 Å². The van der Waals surface area contributed by atoms with Crippen molar-refractivity contribution in [1.82, 2.24) is 10.5 Å². The highest BCUT2D eigenvalue weighted by Gasteiger charge is 2.27. The van der Waals surface area contributed by atoms with Gasteiger partial charge < -0.3 is 9.84 Å². The van der Waals surface area contributed by atoms with Gasteiger partial charge in [-0.15, -0.1) is 0 Å². The Labute approximate surface area is 124 Å². The van der Waals surface area contributed by atoms with Crippen molar-refractivity contribution in [3.8, 4) is 0 Å². The minimum absolute atomic E-state index is 0.0516. The maximum absolute atomic E-state index is 12.3. The number of rotatable bonds is 4. The SMILES string of the molecule is O=C(NC(c1ccccc1)C1CCCCC1)c1ccon1. The summed E-state index contributed by atoms with van der Waals surface area (Å²) in [6.07, 6.45) is 7.54. The van der Waals surface area contributed by atoms with Crippen molar-refractivity contribution in [1.29, 1.82) is 0 Å². The van der Waals surface area contributed by atoms with E-state index in [1.54, 1.807) is 6.07 Å². The highest BCUT2D eigenvalue weighted by atomic mass is 16.5. The Morgan fingerprint density at radius 2 is 1.90 bits per heavy atom. The quantitative estimate of drug-likeness (QED) is 0.930. The Kier molecular flexibility index (Phi) is 4.34. The molecule has 1 amide bonds. The number of carbonyl (C=O) groups excluding carboxylic acids is 1. The number of nitrogens with one attached hydrogen (secondary N) is 1. The molecule has 1 aromatic heterocycles. The first-order valence-corrected chi connectivity index (χ1v) is 7.61. The zero-order valence-electron chi connectivity index (χ0n) is 12.0. The predicted molar refractivity (Wildman–Crippen MR) is 79.7 cm³/mol. The van der Waals surface area contributed by atoms with E-state index in [4.69, 9.17) is 4.52 Å². The second-order valence-corrected chi connectivity index (χ2v) is 5.64. The summed E-state index contributed by atoms with van der Waals surface area (Å²) in [5.41, 5.74) is 1.51. The molecule has 0 saturated heterocycles. The standard InChI is InChI=1S/C17H20N2O2/c20-17(15-11-12-21-19-15)18-16(13-7-3-1-4-8-13)14-9-5-2-6-10-14/h1,3-4,7-8,11-12,14,16H,2,5-6,9-10H2,(H,18,20). The molecule has 110 valence electrons. The molecule has 3 rings (SSSR count). The van der Waals surface area contributed by atoms with Gasteiger partial charge in [0.25, 0.3) is 5.91 Å². The van der Waals surface area contributed by atoms with Gasteiger partial charge in [0, 0.05) is 6.07 Å². The Bertz CT molecular complexity index is 560. The van der Waals surface area contributed by atoms with E-state index in [0.29, 0.717) is 11.6 Å². The third-order valence-electron chi connectivity index (χ3n) is 4.24. The van der Waals surface area contributed by atoms with Crippen molar-refractivity contribution in [3.63, 3.8) is 0 Å². The first-order valence-electron chi connectivity index (χ1n) is 7.61. The molecular weight excluding hydrogens is 264 g/mol. The van der Waals surface area contributed by atoms with Crippen molar-refractivity contribution in [3.05, 3.63) is 53.9 Å². The Morgan fingerprint density at radius 1 is 1.14 bits per heavy atom. The Morgan fingerprint density at radius 3 is 2.57 bits per heavy atom. The van der Waals surface area contributed by atoms with E-state index in [1.807, 2.05) is 18.2 Å². The highest BCUT2D eigenvalue weighted by Crippen LogP contribution is 2.34. The fourth-order valence-corrected chi connectivity index (χ4v) is 3.15. The average molecular weight is 284 g/mol. The molecule has 1 aliphatic rings. The molecule has 1 saturated carbocycles. The van der Waals surface area contributed by atoms with Crippen molar-refractivity contribution in [2.45, 2.75) is 38.1 Å². The van der Waals surface area contributed by atoms with Crippen LogP contribution in [-0.2, 0) is 0 Å². The lowest BCUT2D eigenvalue weighted by Gasteiger charge is -2.31. The fourth-order valence-electron chi connectivity index (χ4n) is 3.15. The minimum atomic E-state index is -0.164. The van der Waals surface area contributed by atoms with Crippen LogP contribution >= 0.6 is 0 Å². The monoisotopic (exact) mass is 284 g/mol. The van der Waals surface area contributed by atoms with Gasteiger partial charge in [-0.2, -0.15) is 0 Å². The summed E-state index contributed by atoms with van der Waals surface area (Å²) < 4.78 is 4.76. The number of nitrogens with zero attached hydrogens (tertiary/aromatic N) is 1. The van der Waals surface area contributed by atoms with Crippen LogP contribution in [-0.4, -0.2) is 11.1 Å². The molecule has 1 heterocycles. The summed E-state index contributed by atoms with van der Waals surface area (Å²) in [6, 6.07) is 11.9. The normalized spacial score (nSPS) is 17.3. The third-order valence-corrected chi connectivity index (χ3v) is 4.24. The van der Waals surface area contributed by atoms with Gasteiger partial charge in [0.05, 0.1) is 6.04 Å². The topological polar surface area (TPSA) is 55.1 Å². The molecule has 1 unspecified atom stereocenters. The zero-order valence-corrected chi connectivity index (χ0v) is 12.0. The van der Waals surface area contributed by atoms with Crippen molar-refractivity contribution >= 4 is 5.91 Å². The van der Waals surface area contributed by atoms with E-state index in [0.717, 1.165) is 0 Å². The molecular formula is C17H20N2O2. The summed E-state index contributed by atoms with van der Waals surface area (Å²) in [7, 11) is 0. The minimum Gasteiger partial charge on any atom is -0.364 e. The predicted octanol–water partition coefficient (Wildman–Crippen LogP) is 3.73. The van der Waals surface area contributed by atoms with Gasteiger partial charge in [0.15, 0.2) is 5.69 Å². The second kappa shape index (κ2) is 6.57. The lowest BCUT2D eigenvalue weighted by Crippen LogP contribution is -2.34. The van der Waals surface area contributed by atoms with Crippen LogP contribution in [0.4, 0.5) is 0 Å². The molecule has 21 heavy (non-hydrogen) atoms. The lowest BCUT2D eigenvalue weighted by atomic mass is 9.81. The Balaban J connectivity index is 1.80. The molecule has 0 bridgehead atoms. The van der Waals surface area contributed by atoms with Crippen molar-refractivity contribution in [2.75, 3.05) is 0 Å². The summed E-state index contributed by atoms with van der Waals surface area (Å²) >= 11 is 0. The molecule has 1 atom stereocenters. The van der Waals surface area contributed by atoms with Crippen LogP contribution in [0.15, 0.2) is 47.2 Å². The van der Waals surface area contributed by atoms with Gasteiger partial charge in [-0.3, -0.25) is 4.79 Å². The molecule has 0 radical (unpaired) electrons. The summed E-state index contributed by atoms with van der Waals surface area (Å²) in [5.74, 6) is 0.333. The first kappa shape index (κ1) is 13.9. The maximum atomic E-state index is 12.3. The number of benzene rings is 1. The molecule has 0 aliphatic heterocycles. The third kappa shape index (κ3) is 3.32. The van der Waals surface area contributed by atoms with Crippen LogP contribution in [0.1, 0.15) is 54.2 Å². The number of carbonyl (C=O) groups is 1. The second-order valence-electron chi connectivity index (χ2n) is 5.64. The Hall–Kier alpha value is -2.10. The first-order chi connectivity index (χ1) is 10.3. The molecule has 1 N–H and O–H groups in total.